The summed E-state index contributed by atoms with van der Waals surface area (Å²) in [7, 11) is 4.77. The van der Waals surface area contributed by atoms with Crippen LogP contribution in [0, 0.1) is 0 Å². The van der Waals surface area contributed by atoms with Crippen LogP contribution >= 0.6 is 0 Å². The van der Waals surface area contributed by atoms with E-state index in [2.05, 4.69) is 4.99 Å². The Bertz CT molecular complexity index is 442. The maximum Gasteiger partial charge on any atom is 0.220 e. The maximum atomic E-state index is 5.43. The lowest BCUT2D eigenvalue weighted by atomic mass is 10.1. The number of hydrogen-bond acceptors (Lipinski definition) is 5. The van der Waals surface area contributed by atoms with E-state index in [-0.39, 0.29) is 0 Å². The minimum absolute atomic E-state index is 0.586. The number of aliphatic imine (C=N–C) groups is 1. The predicted molar refractivity (Wildman–Crippen MR) is 63.5 cm³/mol. The molecule has 17 heavy (non-hydrogen) atoms. The molecule has 0 bridgehead atoms. The van der Waals surface area contributed by atoms with Gasteiger partial charge in [0.25, 0.3) is 0 Å². The fourth-order valence-corrected chi connectivity index (χ4v) is 1.69. The van der Waals surface area contributed by atoms with E-state index in [0.29, 0.717) is 36.3 Å². The average Bonchev–Trinajstić information content (AvgIpc) is 2.90. The van der Waals surface area contributed by atoms with Crippen LogP contribution in [0.2, 0.25) is 0 Å². The van der Waals surface area contributed by atoms with Crippen molar-refractivity contribution < 1.29 is 18.9 Å². The van der Waals surface area contributed by atoms with Crippen molar-refractivity contribution in [2.75, 3.05) is 34.5 Å². The molecule has 2 rings (SSSR count). The van der Waals surface area contributed by atoms with Gasteiger partial charge in [0.1, 0.15) is 12.4 Å². The van der Waals surface area contributed by atoms with Crippen LogP contribution in [0.3, 0.4) is 0 Å². The number of methoxy groups -OCH3 is 3. The molecule has 0 saturated heterocycles. The van der Waals surface area contributed by atoms with Crippen molar-refractivity contribution >= 4 is 5.90 Å². The lowest BCUT2D eigenvalue weighted by Gasteiger charge is -2.13. The van der Waals surface area contributed by atoms with E-state index in [4.69, 9.17) is 18.9 Å². The summed E-state index contributed by atoms with van der Waals surface area (Å²) in [5, 5.41) is 0. The van der Waals surface area contributed by atoms with Crippen LogP contribution in [0.15, 0.2) is 17.1 Å². The molecule has 0 atom stereocenters. The van der Waals surface area contributed by atoms with E-state index >= 15 is 0 Å². The minimum atomic E-state index is 0.586. The predicted octanol–water partition coefficient (Wildman–Crippen LogP) is 1.49. The van der Waals surface area contributed by atoms with Gasteiger partial charge in [-0.3, -0.25) is 0 Å². The van der Waals surface area contributed by atoms with Crippen molar-refractivity contribution in [3.63, 3.8) is 0 Å². The molecule has 0 aromatic heterocycles. The van der Waals surface area contributed by atoms with E-state index in [0.717, 1.165) is 5.56 Å². The fraction of sp³-hybridized carbons (Fsp3) is 0.417. The number of hydrogen-bond donors (Lipinski definition) is 0. The molecule has 1 aromatic rings. The number of nitrogens with zero attached hydrogens (tertiary/aromatic N) is 1. The second-order valence-electron chi connectivity index (χ2n) is 3.44. The van der Waals surface area contributed by atoms with Gasteiger partial charge in [0.05, 0.1) is 33.4 Å². The normalized spacial score (nSPS) is 13.9. The number of benzene rings is 1. The zero-order valence-corrected chi connectivity index (χ0v) is 10.1. The van der Waals surface area contributed by atoms with Crippen LogP contribution < -0.4 is 14.2 Å². The van der Waals surface area contributed by atoms with E-state index in [1.165, 1.54) is 0 Å². The van der Waals surface area contributed by atoms with Gasteiger partial charge in [-0.2, -0.15) is 0 Å². The summed E-state index contributed by atoms with van der Waals surface area (Å²) >= 11 is 0. The Morgan fingerprint density at radius 3 is 2.18 bits per heavy atom. The first kappa shape index (κ1) is 11.6. The first-order valence-corrected chi connectivity index (χ1v) is 5.27. The van der Waals surface area contributed by atoms with Crippen LogP contribution in [-0.4, -0.2) is 40.4 Å². The third-order valence-electron chi connectivity index (χ3n) is 2.52. The van der Waals surface area contributed by atoms with E-state index in [1.54, 1.807) is 27.4 Å². The Morgan fingerprint density at radius 2 is 1.65 bits per heavy atom. The van der Waals surface area contributed by atoms with Crippen molar-refractivity contribution in [1.29, 1.82) is 0 Å². The SMILES string of the molecule is COc1cc(OC)c(C2=NCCO2)cc1OC. The summed E-state index contributed by atoms with van der Waals surface area (Å²) in [6.45, 7) is 1.28. The lowest BCUT2D eigenvalue weighted by molar-refractivity contribution is 0.338. The van der Waals surface area contributed by atoms with E-state index < -0.39 is 0 Å². The molecule has 1 heterocycles. The van der Waals surface area contributed by atoms with E-state index in [1.807, 2.05) is 6.07 Å². The van der Waals surface area contributed by atoms with Gasteiger partial charge < -0.3 is 18.9 Å². The number of rotatable bonds is 4. The van der Waals surface area contributed by atoms with Crippen LogP contribution in [0.4, 0.5) is 0 Å². The molecule has 0 N–H and O–H groups in total. The van der Waals surface area contributed by atoms with Crippen molar-refractivity contribution in [3.05, 3.63) is 17.7 Å². The molecule has 1 aliphatic rings. The number of ether oxygens (including phenoxy) is 4. The molecule has 0 aliphatic carbocycles. The zero-order valence-electron chi connectivity index (χ0n) is 10.1. The Morgan fingerprint density at radius 1 is 1.00 bits per heavy atom. The quantitative estimate of drug-likeness (QED) is 0.796. The van der Waals surface area contributed by atoms with Crippen molar-refractivity contribution in [2.24, 2.45) is 4.99 Å². The molecule has 0 amide bonds. The summed E-state index contributed by atoms with van der Waals surface area (Å²) in [5.41, 5.74) is 0.780. The Kier molecular flexibility index (Phi) is 3.37. The van der Waals surface area contributed by atoms with Gasteiger partial charge in [-0.25, -0.2) is 4.99 Å². The van der Waals surface area contributed by atoms with Gasteiger partial charge >= 0.3 is 0 Å². The summed E-state index contributed by atoms with van der Waals surface area (Å²) in [5.74, 6) is 2.49. The van der Waals surface area contributed by atoms with Crippen molar-refractivity contribution in [2.45, 2.75) is 0 Å². The topological polar surface area (TPSA) is 49.3 Å². The monoisotopic (exact) mass is 237 g/mol. The highest BCUT2D eigenvalue weighted by molar-refractivity contribution is 5.98. The second kappa shape index (κ2) is 4.95. The molecule has 1 aliphatic heterocycles. The van der Waals surface area contributed by atoms with Crippen LogP contribution in [-0.2, 0) is 4.74 Å². The molecule has 0 fully saturated rings. The summed E-state index contributed by atoms with van der Waals surface area (Å²) < 4.78 is 21.2. The Hall–Kier alpha value is -1.91. The Balaban J connectivity index is 2.49. The first-order chi connectivity index (χ1) is 8.30. The molecule has 0 unspecified atom stereocenters. The maximum absolute atomic E-state index is 5.43. The summed E-state index contributed by atoms with van der Waals surface area (Å²) in [4.78, 5) is 4.26. The molecule has 0 radical (unpaired) electrons. The highest BCUT2D eigenvalue weighted by Gasteiger charge is 2.19. The van der Waals surface area contributed by atoms with Crippen LogP contribution in [0.1, 0.15) is 5.56 Å². The molecular weight excluding hydrogens is 222 g/mol. The van der Waals surface area contributed by atoms with Gasteiger partial charge in [-0.15, -0.1) is 0 Å². The van der Waals surface area contributed by atoms with Gasteiger partial charge in [-0.05, 0) is 0 Å². The summed E-state index contributed by atoms with van der Waals surface area (Å²) in [6, 6.07) is 3.57. The fourth-order valence-electron chi connectivity index (χ4n) is 1.69. The molecule has 5 heteroatoms. The van der Waals surface area contributed by atoms with Gasteiger partial charge in [-0.1, -0.05) is 0 Å². The standard InChI is InChI=1S/C12H15NO4/c1-14-9-7-11(16-3)10(15-2)6-8(9)12-13-4-5-17-12/h6-7H,4-5H2,1-3H3. The third kappa shape index (κ3) is 2.13. The van der Waals surface area contributed by atoms with Crippen molar-refractivity contribution in [1.82, 2.24) is 0 Å². The van der Waals surface area contributed by atoms with Gasteiger partial charge in [0.2, 0.25) is 5.90 Å². The van der Waals surface area contributed by atoms with Gasteiger partial charge in [0.15, 0.2) is 11.5 Å². The van der Waals surface area contributed by atoms with Crippen molar-refractivity contribution in [3.8, 4) is 17.2 Å². The smallest absolute Gasteiger partial charge is 0.220 e. The van der Waals surface area contributed by atoms with E-state index in [9.17, 15) is 0 Å². The minimum Gasteiger partial charge on any atom is -0.496 e. The highest BCUT2D eigenvalue weighted by Crippen LogP contribution is 2.35. The summed E-state index contributed by atoms with van der Waals surface area (Å²) in [6.07, 6.45) is 0. The Labute approximate surface area is 100.0 Å². The molecule has 5 nitrogen and oxygen atoms in total. The molecular formula is C12H15NO4. The van der Waals surface area contributed by atoms with Crippen LogP contribution in [0.25, 0.3) is 0 Å². The average molecular weight is 237 g/mol. The molecule has 0 spiro atoms. The van der Waals surface area contributed by atoms with Crippen LogP contribution in [0.5, 0.6) is 17.2 Å². The lowest BCUT2D eigenvalue weighted by Crippen LogP contribution is -2.05. The molecule has 92 valence electrons. The largest absolute Gasteiger partial charge is 0.496 e. The first-order valence-electron chi connectivity index (χ1n) is 5.27. The second-order valence-corrected chi connectivity index (χ2v) is 3.44. The highest BCUT2D eigenvalue weighted by atomic mass is 16.5. The third-order valence-corrected chi connectivity index (χ3v) is 2.52. The zero-order chi connectivity index (χ0) is 12.3. The molecule has 1 aromatic carbocycles. The molecule has 0 saturated carbocycles. The van der Waals surface area contributed by atoms with Gasteiger partial charge in [0, 0.05) is 12.1 Å².